The number of aromatic nitrogens is 4. The maximum absolute atomic E-state index is 10.7. The van der Waals surface area contributed by atoms with E-state index in [0.717, 1.165) is 47.0 Å². The van der Waals surface area contributed by atoms with Gasteiger partial charge >= 0.3 is 12.2 Å². The Labute approximate surface area is 303 Å². The van der Waals surface area contributed by atoms with Gasteiger partial charge in [-0.2, -0.15) is 0 Å². The molecule has 1 aliphatic heterocycles. The Hall–Kier alpha value is -6.06. The van der Waals surface area contributed by atoms with Gasteiger partial charge in [-0.05, 0) is 42.3 Å². The first-order chi connectivity index (χ1) is 24.8. The predicted octanol–water partition coefficient (Wildman–Crippen LogP) is 5.59. The molecule has 0 aliphatic carbocycles. The molecule has 1 aliphatic rings. The highest BCUT2D eigenvalue weighted by atomic mass is 16.6. The number of nitrogens with one attached hydrogen (secondary N) is 4. The fraction of sp³-hybridized carbons (Fsp3) is 0.389. The van der Waals surface area contributed by atoms with Crippen LogP contribution in [0.25, 0.3) is 22.5 Å². The maximum atomic E-state index is 10.7. The number of hydrogen-bond acceptors (Lipinski definition) is 10. The van der Waals surface area contributed by atoms with Gasteiger partial charge < -0.3 is 51.0 Å². The second-order valence-corrected chi connectivity index (χ2v) is 11.5. The Morgan fingerprint density at radius 2 is 1.19 bits per heavy atom. The van der Waals surface area contributed by atoms with Crippen LogP contribution in [0.1, 0.15) is 59.6 Å². The zero-order valence-corrected chi connectivity index (χ0v) is 30.9. The molecule has 1 atom stereocenters. The molecule has 3 heterocycles. The van der Waals surface area contributed by atoms with Crippen molar-refractivity contribution in [1.29, 1.82) is 0 Å². The second-order valence-electron chi connectivity index (χ2n) is 11.5. The van der Waals surface area contributed by atoms with Crippen LogP contribution in [-0.4, -0.2) is 70.7 Å². The molecule has 2 aromatic heterocycles. The van der Waals surface area contributed by atoms with Gasteiger partial charge in [-0.1, -0.05) is 48.0 Å². The summed E-state index contributed by atoms with van der Waals surface area (Å²) in [5, 5.41) is 4.43. The molecule has 16 nitrogen and oxygen atoms in total. The molecule has 282 valence electrons. The van der Waals surface area contributed by atoms with Crippen LogP contribution in [0.5, 0.6) is 23.0 Å². The van der Waals surface area contributed by atoms with Crippen molar-refractivity contribution in [1.82, 2.24) is 30.6 Å². The lowest BCUT2D eigenvalue weighted by Gasteiger charge is -2.21. The van der Waals surface area contributed by atoms with Crippen molar-refractivity contribution >= 4 is 24.0 Å². The van der Waals surface area contributed by atoms with Crippen LogP contribution in [0.15, 0.2) is 48.8 Å². The Bertz CT molecular complexity index is 1680. The van der Waals surface area contributed by atoms with E-state index in [9.17, 15) is 19.2 Å². The molecule has 0 saturated carbocycles. The monoisotopic (exact) mass is 722 g/mol. The van der Waals surface area contributed by atoms with Crippen LogP contribution in [-0.2, 0) is 31.9 Å². The van der Waals surface area contributed by atoms with Gasteiger partial charge in [0.05, 0.1) is 44.5 Å². The molecule has 52 heavy (non-hydrogen) atoms. The van der Waals surface area contributed by atoms with E-state index >= 15 is 0 Å². The molecule has 0 bridgehead atoms. The molecule has 4 aromatic rings. The van der Waals surface area contributed by atoms with Crippen LogP contribution in [0.4, 0.5) is 9.59 Å². The highest BCUT2D eigenvalue weighted by molar-refractivity contribution is 5.84. The van der Waals surface area contributed by atoms with Crippen molar-refractivity contribution in [2.75, 3.05) is 20.8 Å². The van der Waals surface area contributed by atoms with Crippen molar-refractivity contribution in [3.8, 4) is 45.5 Å². The summed E-state index contributed by atoms with van der Waals surface area (Å²) in [6.07, 6.45) is 5.38. The summed E-state index contributed by atoms with van der Waals surface area (Å²) in [6.45, 7) is 11.8. The lowest BCUT2D eigenvalue weighted by Crippen LogP contribution is -2.47. The van der Waals surface area contributed by atoms with Gasteiger partial charge in [0.25, 0.3) is 0 Å². The summed E-state index contributed by atoms with van der Waals surface area (Å²) in [5.74, 6) is 3.52. The third-order valence-corrected chi connectivity index (χ3v) is 6.90. The van der Waals surface area contributed by atoms with E-state index in [1.807, 2.05) is 48.8 Å². The number of ether oxygens (including phenoxy) is 4. The summed E-state index contributed by atoms with van der Waals surface area (Å²) < 4.78 is 20.7. The van der Waals surface area contributed by atoms with Gasteiger partial charge in [0.15, 0.2) is 23.0 Å². The van der Waals surface area contributed by atoms with Crippen molar-refractivity contribution in [2.24, 2.45) is 17.4 Å². The number of imidazole rings is 2. The van der Waals surface area contributed by atoms with E-state index in [1.54, 1.807) is 13.8 Å². The fourth-order valence-electron chi connectivity index (χ4n) is 4.28. The summed E-state index contributed by atoms with van der Waals surface area (Å²) >= 11 is 0. The quantitative estimate of drug-likeness (QED) is 0.110. The molecule has 0 spiro atoms. The number of benzene rings is 2. The van der Waals surface area contributed by atoms with Crippen LogP contribution in [0.3, 0.4) is 0 Å². The molecular formula is C36H50N8O8. The minimum absolute atomic E-state index is 0.0402. The zero-order valence-electron chi connectivity index (χ0n) is 30.9. The Kier molecular flexibility index (Phi) is 17.2. The number of primary amides is 2. The number of fused-ring (bicyclic) bond motifs is 2. The number of aryl methyl sites for hydroxylation is 2. The number of carbonyl (C=O) groups excluding carboxylic acids is 4. The number of methoxy groups -OCH3 is 2. The SMILES string of the molecule is CCC.CCc1ncc(-c2ccc3c(c2)Oc2ccc(-c4cnc(CC)[nH]4)cc2O3)[nH]1.COC(=O)NC(C(N)=O)C(C)C.COC(=O)NCC(N)=O. The van der Waals surface area contributed by atoms with Crippen molar-refractivity contribution < 1.29 is 38.1 Å². The summed E-state index contributed by atoms with van der Waals surface area (Å²) in [6, 6.07) is 11.1. The molecule has 2 aromatic carbocycles. The van der Waals surface area contributed by atoms with E-state index in [2.05, 4.69) is 73.5 Å². The van der Waals surface area contributed by atoms with E-state index in [4.69, 9.17) is 15.2 Å². The summed E-state index contributed by atoms with van der Waals surface area (Å²) in [7, 11) is 2.43. The number of amides is 4. The molecule has 5 rings (SSSR count). The number of aromatic amines is 2. The average molecular weight is 723 g/mol. The minimum atomic E-state index is -0.669. The normalized spacial score (nSPS) is 11.1. The number of rotatable bonds is 9. The van der Waals surface area contributed by atoms with Gasteiger partial charge in [0.1, 0.15) is 17.7 Å². The molecule has 8 N–H and O–H groups in total. The Morgan fingerprint density at radius 3 is 1.52 bits per heavy atom. The number of carbonyl (C=O) groups is 4. The molecule has 4 amide bonds. The Balaban J connectivity index is 0.000000324. The fourth-order valence-corrected chi connectivity index (χ4v) is 4.28. The molecule has 0 fully saturated rings. The largest absolute Gasteiger partial charge is 0.453 e. The molecule has 16 heteroatoms. The minimum Gasteiger partial charge on any atom is -0.453 e. The highest BCUT2D eigenvalue weighted by Crippen LogP contribution is 2.47. The summed E-state index contributed by atoms with van der Waals surface area (Å²) in [5.41, 5.74) is 13.7. The van der Waals surface area contributed by atoms with Crippen LogP contribution < -0.4 is 31.6 Å². The van der Waals surface area contributed by atoms with E-state index in [1.165, 1.54) is 20.6 Å². The van der Waals surface area contributed by atoms with Crippen molar-refractivity contribution in [2.45, 2.75) is 66.8 Å². The predicted molar refractivity (Wildman–Crippen MR) is 196 cm³/mol. The third-order valence-electron chi connectivity index (χ3n) is 6.90. The smallest absolute Gasteiger partial charge is 0.407 e. The van der Waals surface area contributed by atoms with E-state index in [0.29, 0.717) is 23.0 Å². The third kappa shape index (κ3) is 13.0. The van der Waals surface area contributed by atoms with E-state index in [-0.39, 0.29) is 12.5 Å². The second kappa shape index (κ2) is 21.2. The topological polar surface area (TPSA) is 239 Å². The number of hydrogen-bond donors (Lipinski definition) is 6. The van der Waals surface area contributed by atoms with Gasteiger partial charge in [-0.25, -0.2) is 19.6 Å². The first-order valence-corrected chi connectivity index (χ1v) is 16.8. The molecule has 0 radical (unpaired) electrons. The lowest BCUT2D eigenvalue weighted by molar-refractivity contribution is -0.121. The number of nitrogens with zero attached hydrogens (tertiary/aromatic N) is 2. The van der Waals surface area contributed by atoms with Crippen molar-refractivity contribution in [3.63, 3.8) is 0 Å². The average Bonchev–Trinajstić information content (AvgIpc) is 3.82. The highest BCUT2D eigenvalue weighted by Gasteiger charge is 2.22. The van der Waals surface area contributed by atoms with Gasteiger partial charge in [0, 0.05) is 24.0 Å². The van der Waals surface area contributed by atoms with E-state index < -0.39 is 30.0 Å². The van der Waals surface area contributed by atoms with Crippen molar-refractivity contribution in [3.05, 3.63) is 60.4 Å². The molecule has 0 saturated heterocycles. The first-order valence-electron chi connectivity index (χ1n) is 16.8. The van der Waals surface area contributed by atoms with Gasteiger partial charge in [-0.3, -0.25) is 9.59 Å². The standard InChI is InChI=1S/C22H20N4O2.C7H14N2O3.C4H8N2O3.C3H8/c1-3-21-23-11-15(25-21)13-5-7-17-19(9-13)27-18-8-6-14(10-20(18)28-17)16-12-24-22(4-2)26-16;1-4(2)5(6(8)10)9-7(11)12-3;1-9-4(8)6-2-3(5)7;1-3-2/h5-12H,3-4H2,1-2H3,(H,23,25)(H,24,26);4-5H,1-3H3,(H2,8,10)(H,9,11);2H2,1H3,(H2,5,7)(H,6,8);3H2,1-2H3. The van der Waals surface area contributed by atoms with Crippen LogP contribution >= 0.6 is 0 Å². The summed E-state index contributed by atoms with van der Waals surface area (Å²) in [4.78, 5) is 57.0. The number of nitrogens with two attached hydrogens (primary N) is 2. The maximum Gasteiger partial charge on any atom is 0.407 e. The zero-order chi connectivity index (χ0) is 38.8. The first kappa shape index (κ1) is 42.1. The number of H-pyrrole nitrogens is 2. The molecular weight excluding hydrogens is 672 g/mol. The van der Waals surface area contributed by atoms with Crippen LogP contribution in [0.2, 0.25) is 0 Å². The lowest BCUT2D eigenvalue weighted by atomic mass is 10.0. The molecule has 1 unspecified atom stereocenters. The van der Waals surface area contributed by atoms with Gasteiger partial charge in [0.2, 0.25) is 11.8 Å². The van der Waals surface area contributed by atoms with Gasteiger partial charge in [-0.15, -0.1) is 0 Å². The van der Waals surface area contributed by atoms with Crippen LogP contribution in [0, 0.1) is 5.92 Å². The number of alkyl carbamates (subject to hydrolysis) is 2. The Morgan fingerprint density at radius 1 is 0.750 bits per heavy atom.